The third kappa shape index (κ3) is 2.93. The van der Waals surface area contributed by atoms with Gasteiger partial charge < -0.3 is 15.2 Å². The number of carbonyl (C=O) groups excluding carboxylic acids is 1. The minimum absolute atomic E-state index is 0.144. The van der Waals surface area contributed by atoms with E-state index < -0.39 is 11.7 Å². The van der Waals surface area contributed by atoms with Crippen molar-refractivity contribution in [3.63, 3.8) is 0 Å². The van der Waals surface area contributed by atoms with Crippen molar-refractivity contribution in [1.29, 1.82) is 0 Å². The highest BCUT2D eigenvalue weighted by Gasteiger charge is 2.24. The maximum absolute atomic E-state index is 14.4. The van der Waals surface area contributed by atoms with E-state index in [1.54, 1.807) is 4.52 Å². The van der Waals surface area contributed by atoms with Crippen molar-refractivity contribution in [3.05, 3.63) is 65.6 Å². The van der Waals surface area contributed by atoms with Crippen molar-refractivity contribution in [2.75, 3.05) is 18.0 Å². The average molecular weight is 391 g/mol. The Morgan fingerprint density at radius 1 is 1.10 bits per heavy atom. The molecule has 2 aromatic carbocycles. The molecule has 29 heavy (non-hydrogen) atoms. The van der Waals surface area contributed by atoms with E-state index in [1.165, 1.54) is 18.6 Å². The number of halogens is 1. The zero-order valence-electron chi connectivity index (χ0n) is 16.0. The summed E-state index contributed by atoms with van der Waals surface area (Å²) in [5.74, 6) is -1.15. The molecule has 1 amide bonds. The van der Waals surface area contributed by atoms with Gasteiger partial charge in [-0.05, 0) is 37.0 Å². The van der Waals surface area contributed by atoms with Gasteiger partial charge in [-0.3, -0.25) is 4.79 Å². The van der Waals surface area contributed by atoms with Crippen LogP contribution < -0.4 is 10.6 Å². The van der Waals surface area contributed by atoms with Crippen LogP contribution in [0.5, 0.6) is 0 Å². The van der Waals surface area contributed by atoms with Gasteiger partial charge in [0, 0.05) is 19.6 Å². The van der Waals surface area contributed by atoms with Crippen LogP contribution in [0.2, 0.25) is 0 Å². The van der Waals surface area contributed by atoms with Crippen LogP contribution >= 0.6 is 0 Å². The molecule has 2 aromatic heterocycles. The predicted molar refractivity (Wildman–Crippen MR) is 111 cm³/mol. The highest BCUT2D eigenvalue weighted by atomic mass is 19.1. The van der Waals surface area contributed by atoms with Gasteiger partial charge in [-0.1, -0.05) is 30.3 Å². The Balaban J connectivity index is 1.81. The number of hydrogen-bond donors (Lipinski definition) is 1. The molecule has 0 unspecified atom stereocenters. The maximum atomic E-state index is 14.4. The maximum Gasteiger partial charge on any atom is 0.251 e. The van der Waals surface area contributed by atoms with E-state index in [0.717, 1.165) is 42.8 Å². The number of benzene rings is 2. The van der Waals surface area contributed by atoms with E-state index in [2.05, 4.69) is 10.00 Å². The zero-order chi connectivity index (χ0) is 20.0. The van der Waals surface area contributed by atoms with Crippen molar-refractivity contribution >= 4 is 28.3 Å². The number of fused-ring (bicyclic) bond motifs is 3. The first-order valence-electron chi connectivity index (χ1n) is 9.91. The van der Waals surface area contributed by atoms with Gasteiger partial charge in [0.25, 0.3) is 5.91 Å². The highest BCUT2D eigenvalue weighted by Crippen LogP contribution is 2.33. The van der Waals surface area contributed by atoms with E-state index in [0.29, 0.717) is 17.6 Å². The first kappa shape index (κ1) is 17.7. The van der Waals surface area contributed by atoms with Crippen molar-refractivity contribution in [1.82, 2.24) is 14.2 Å². The third-order valence-electron chi connectivity index (χ3n) is 5.68. The lowest BCUT2D eigenvalue weighted by molar-refractivity contribution is 0.100. The average Bonchev–Trinajstić information content (AvgIpc) is 3.28. The second-order valence-electron chi connectivity index (χ2n) is 7.57. The normalized spacial score (nSPS) is 14.7. The number of nitrogens with two attached hydrogens (primary N) is 1. The second-order valence-corrected chi connectivity index (χ2v) is 7.57. The number of aromatic nitrogens is 3. The molecule has 1 aliphatic rings. The Labute approximate surface area is 167 Å². The van der Waals surface area contributed by atoms with Crippen molar-refractivity contribution in [2.45, 2.75) is 25.8 Å². The molecule has 7 heteroatoms. The zero-order valence-corrected chi connectivity index (χ0v) is 16.0. The van der Waals surface area contributed by atoms with Crippen molar-refractivity contribution in [2.24, 2.45) is 5.73 Å². The Bertz CT molecular complexity index is 1200. The van der Waals surface area contributed by atoms with Crippen LogP contribution in [0.3, 0.4) is 0 Å². The fourth-order valence-electron chi connectivity index (χ4n) is 4.35. The molecular formula is C22H22FN5O. The van der Waals surface area contributed by atoms with Crippen LogP contribution in [0.4, 0.5) is 10.1 Å². The van der Waals surface area contributed by atoms with Crippen LogP contribution in [0.15, 0.2) is 48.7 Å². The molecule has 2 N–H and O–H groups in total. The molecule has 1 aliphatic heterocycles. The molecule has 5 rings (SSSR count). The fraction of sp³-hybridized carbons (Fsp3) is 0.273. The summed E-state index contributed by atoms with van der Waals surface area (Å²) in [5.41, 5.74) is 9.85. The number of carbonyl (C=O) groups is 1. The standard InChI is InChI=1S/C22H22FN5O/c23-16-11-17(21(24)29)20-18(12-16)27(14-15-7-3-1-4-8-15)22-19(13-25-28(20)22)26-9-5-2-6-10-26/h1,3-4,7-8,11-13H,2,5-6,9-10,14H2,(H2,24,29). The van der Waals surface area contributed by atoms with Crippen LogP contribution in [-0.2, 0) is 6.54 Å². The molecule has 3 heterocycles. The minimum Gasteiger partial charge on any atom is -0.367 e. The van der Waals surface area contributed by atoms with Gasteiger partial charge in [0.05, 0.1) is 17.3 Å². The quantitative estimate of drug-likeness (QED) is 0.578. The lowest BCUT2D eigenvalue weighted by atomic mass is 10.1. The van der Waals surface area contributed by atoms with Gasteiger partial charge in [0.15, 0.2) is 5.65 Å². The van der Waals surface area contributed by atoms with E-state index in [4.69, 9.17) is 5.73 Å². The summed E-state index contributed by atoms with van der Waals surface area (Å²) in [5, 5.41) is 4.58. The predicted octanol–water partition coefficient (Wildman–Crippen LogP) is 3.57. The number of imidazole rings is 1. The van der Waals surface area contributed by atoms with Crippen LogP contribution in [-0.4, -0.2) is 33.2 Å². The Morgan fingerprint density at radius 2 is 1.86 bits per heavy atom. The summed E-state index contributed by atoms with van der Waals surface area (Å²) in [6, 6.07) is 12.7. The Hall–Kier alpha value is -3.35. The summed E-state index contributed by atoms with van der Waals surface area (Å²) >= 11 is 0. The summed E-state index contributed by atoms with van der Waals surface area (Å²) < 4.78 is 18.2. The molecule has 0 spiro atoms. The van der Waals surface area contributed by atoms with Crippen molar-refractivity contribution in [3.8, 4) is 0 Å². The van der Waals surface area contributed by atoms with Gasteiger partial charge in [0.1, 0.15) is 17.0 Å². The van der Waals surface area contributed by atoms with Gasteiger partial charge in [-0.2, -0.15) is 5.10 Å². The Kier molecular flexibility index (Phi) is 4.23. The van der Waals surface area contributed by atoms with E-state index in [-0.39, 0.29) is 5.56 Å². The van der Waals surface area contributed by atoms with Crippen LogP contribution in [0.25, 0.3) is 16.7 Å². The van der Waals surface area contributed by atoms with Crippen molar-refractivity contribution < 1.29 is 9.18 Å². The molecule has 0 bridgehead atoms. The molecule has 1 fully saturated rings. The number of piperidine rings is 1. The summed E-state index contributed by atoms with van der Waals surface area (Å²) in [7, 11) is 0. The van der Waals surface area contributed by atoms with Gasteiger partial charge in [-0.15, -0.1) is 0 Å². The fourth-order valence-corrected chi connectivity index (χ4v) is 4.35. The van der Waals surface area contributed by atoms with Crippen LogP contribution in [0.1, 0.15) is 35.2 Å². The van der Waals surface area contributed by atoms with Gasteiger partial charge in [-0.25, -0.2) is 8.91 Å². The lowest BCUT2D eigenvalue weighted by Gasteiger charge is -2.27. The SMILES string of the molecule is NC(=O)c1cc(F)cc2c1n1ncc(N3CCCCC3)c1n2Cc1ccccc1. The molecule has 0 saturated carbocycles. The molecule has 1 saturated heterocycles. The summed E-state index contributed by atoms with van der Waals surface area (Å²) in [6.45, 7) is 2.47. The van der Waals surface area contributed by atoms with E-state index in [9.17, 15) is 9.18 Å². The molecule has 6 nitrogen and oxygen atoms in total. The summed E-state index contributed by atoms with van der Waals surface area (Å²) in [4.78, 5) is 14.4. The van der Waals surface area contributed by atoms with E-state index >= 15 is 0 Å². The number of primary amides is 1. The number of nitrogens with zero attached hydrogens (tertiary/aromatic N) is 4. The number of amides is 1. The third-order valence-corrected chi connectivity index (χ3v) is 5.68. The molecule has 0 atom stereocenters. The molecule has 4 aromatic rings. The number of anilines is 1. The van der Waals surface area contributed by atoms with Gasteiger partial charge in [0.2, 0.25) is 0 Å². The molecule has 0 radical (unpaired) electrons. The lowest BCUT2D eigenvalue weighted by Crippen LogP contribution is -2.29. The second kappa shape index (κ2) is 6.92. The topological polar surface area (TPSA) is 68.6 Å². The van der Waals surface area contributed by atoms with E-state index in [1.807, 2.05) is 41.1 Å². The first-order valence-corrected chi connectivity index (χ1v) is 9.91. The first-order chi connectivity index (χ1) is 14.1. The monoisotopic (exact) mass is 391 g/mol. The number of rotatable bonds is 4. The molecule has 0 aliphatic carbocycles. The summed E-state index contributed by atoms with van der Waals surface area (Å²) in [6.07, 6.45) is 5.34. The number of hydrogen-bond acceptors (Lipinski definition) is 3. The molecular weight excluding hydrogens is 369 g/mol. The van der Waals surface area contributed by atoms with Gasteiger partial charge >= 0.3 is 0 Å². The highest BCUT2D eigenvalue weighted by molar-refractivity contribution is 6.06. The van der Waals surface area contributed by atoms with Crippen LogP contribution in [0, 0.1) is 5.82 Å². The largest absolute Gasteiger partial charge is 0.367 e. The molecule has 148 valence electrons. The Morgan fingerprint density at radius 3 is 2.59 bits per heavy atom. The smallest absolute Gasteiger partial charge is 0.251 e. The minimum atomic E-state index is -0.664.